The molecule has 0 amide bonds. The summed E-state index contributed by atoms with van der Waals surface area (Å²) in [5.41, 5.74) is 0.801. The Morgan fingerprint density at radius 3 is 2.58 bits per heavy atom. The molecule has 0 spiro atoms. The van der Waals surface area contributed by atoms with Gasteiger partial charge in [-0.25, -0.2) is 15.0 Å². The van der Waals surface area contributed by atoms with E-state index in [0.717, 1.165) is 52.8 Å². The van der Waals surface area contributed by atoms with Crippen LogP contribution in [0.1, 0.15) is 35.7 Å². The quantitative estimate of drug-likeness (QED) is 0.397. The fourth-order valence-corrected chi connectivity index (χ4v) is 4.75. The molecule has 0 bridgehead atoms. The molecule has 0 radical (unpaired) electrons. The van der Waals surface area contributed by atoms with E-state index in [0.29, 0.717) is 5.92 Å². The van der Waals surface area contributed by atoms with Crippen molar-refractivity contribution in [2.45, 2.75) is 25.0 Å². The van der Waals surface area contributed by atoms with Gasteiger partial charge in [-0.1, -0.05) is 18.2 Å². The summed E-state index contributed by atoms with van der Waals surface area (Å²) in [5, 5.41) is 14.7. The number of para-hydroxylation sites is 1. The van der Waals surface area contributed by atoms with Crippen molar-refractivity contribution in [3.8, 4) is 5.75 Å². The third-order valence-corrected chi connectivity index (χ3v) is 6.56. The minimum atomic E-state index is -0.515. The lowest BCUT2D eigenvalue weighted by Gasteiger charge is -2.31. The van der Waals surface area contributed by atoms with E-state index in [2.05, 4.69) is 46.3 Å². The van der Waals surface area contributed by atoms with Gasteiger partial charge >= 0.3 is 0 Å². The third kappa shape index (κ3) is 4.57. The van der Waals surface area contributed by atoms with Crippen LogP contribution in [0.15, 0.2) is 58.9 Å². The van der Waals surface area contributed by atoms with E-state index in [4.69, 9.17) is 9.72 Å². The van der Waals surface area contributed by atoms with Gasteiger partial charge in [-0.2, -0.15) is 4.68 Å². The van der Waals surface area contributed by atoms with E-state index in [9.17, 15) is 0 Å². The van der Waals surface area contributed by atoms with Crippen LogP contribution in [0.2, 0.25) is 0 Å². The maximum absolute atomic E-state index is 6.17. The number of hydrogen-bond donors (Lipinski definition) is 0. The van der Waals surface area contributed by atoms with Gasteiger partial charge in [0.2, 0.25) is 12.2 Å². The van der Waals surface area contributed by atoms with Crippen LogP contribution in [0.3, 0.4) is 0 Å². The molecule has 4 aromatic rings. The number of ether oxygens (including phenoxy) is 1. The monoisotopic (exact) mass is 498 g/mol. The molecule has 0 N–H and O–H groups in total. The molecule has 5 rings (SSSR count). The van der Waals surface area contributed by atoms with E-state index >= 15 is 0 Å². The molecule has 0 saturated carbocycles. The van der Waals surface area contributed by atoms with E-state index in [-0.39, 0.29) is 0 Å². The second kappa shape index (κ2) is 9.06. The number of hydrogen-bond acceptors (Lipinski definition) is 9. The molecular weight excluding hydrogens is 480 g/mol. The molecule has 4 heterocycles. The Morgan fingerprint density at radius 2 is 1.87 bits per heavy atom. The molecule has 1 atom stereocenters. The third-order valence-electron chi connectivity index (χ3n) is 5.12. The van der Waals surface area contributed by atoms with E-state index in [1.807, 2.05) is 35.7 Å². The Hall–Kier alpha value is -2.92. The van der Waals surface area contributed by atoms with Gasteiger partial charge in [-0.15, -0.1) is 16.4 Å². The molecule has 1 saturated heterocycles. The molecular formula is C20H19BrN8OS. The van der Waals surface area contributed by atoms with Crippen molar-refractivity contribution in [3.63, 3.8) is 0 Å². The van der Waals surface area contributed by atoms with Crippen LogP contribution < -0.4 is 9.64 Å². The highest BCUT2D eigenvalue weighted by molar-refractivity contribution is 9.10. The van der Waals surface area contributed by atoms with Gasteiger partial charge in [0.15, 0.2) is 0 Å². The summed E-state index contributed by atoms with van der Waals surface area (Å²) in [4.78, 5) is 16.0. The summed E-state index contributed by atoms with van der Waals surface area (Å²) in [5.74, 6) is 1.91. The largest absolute Gasteiger partial charge is 0.463 e. The molecule has 11 heteroatoms. The Kier molecular flexibility index (Phi) is 5.85. The van der Waals surface area contributed by atoms with Crippen LogP contribution in [-0.2, 0) is 0 Å². The molecule has 9 nitrogen and oxygen atoms in total. The van der Waals surface area contributed by atoms with E-state index < -0.39 is 6.23 Å². The fraction of sp³-hybridized carbons (Fsp3) is 0.300. The lowest BCUT2D eigenvalue weighted by atomic mass is 9.98. The highest BCUT2D eigenvalue weighted by atomic mass is 79.9. The molecule has 1 aliphatic heterocycles. The molecule has 1 aliphatic rings. The van der Waals surface area contributed by atoms with Crippen LogP contribution in [0.4, 0.5) is 5.95 Å². The lowest BCUT2D eigenvalue weighted by Crippen LogP contribution is -2.34. The summed E-state index contributed by atoms with van der Waals surface area (Å²) in [6.45, 7) is 1.80. The first-order chi connectivity index (χ1) is 15.3. The Labute approximate surface area is 191 Å². The predicted octanol–water partition coefficient (Wildman–Crippen LogP) is 3.69. The normalized spacial score (nSPS) is 15.7. The zero-order valence-electron chi connectivity index (χ0n) is 16.5. The standard InChI is InChI=1S/C20H19BrN8OS/c21-15-10-22-20(23-11-15)28-8-6-14(7-9-28)18-25-17(12-31-18)19(29-13-24-26-27-29)30-16-4-2-1-3-5-16/h1-5,10-14,19H,6-9H2. The Morgan fingerprint density at radius 1 is 1.10 bits per heavy atom. The second-order valence-corrected chi connectivity index (χ2v) is 8.95. The number of piperidine rings is 1. The number of benzene rings is 1. The van der Waals surface area contributed by atoms with Crippen molar-refractivity contribution in [1.29, 1.82) is 0 Å². The maximum Gasteiger partial charge on any atom is 0.238 e. The minimum Gasteiger partial charge on any atom is -0.463 e. The smallest absolute Gasteiger partial charge is 0.238 e. The van der Waals surface area contributed by atoms with Gasteiger partial charge in [0, 0.05) is 36.8 Å². The van der Waals surface area contributed by atoms with Crippen LogP contribution in [0, 0.1) is 0 Å². The SMILES string of the molecule is Brc1cnc(N2CCC(c3nc(C(Oc4ccccc4)n4cnnn4)cs3)CC2)nc1. The Balaban J connectivity index is 1.30. The number of thiazole rings is 1. The first-order valence-corrected chi connectivity index (χ1v) is 11.6. The number of anilines is 1. The predicted molar refractivity (Wildman–Crippen MR) is 119 cm³/mol. The number of rotatable bonds is 6. The molecule has 1 fully saturated rings. The van der Waals surface area contributed by atoms with Gasteiger partial charge in [0.05, 0.1) is 9.48 Å². The zero-order chi connectivity index (χ0) is 21.0. The first-order valence-electron chi connectivity index (χ1n) is 9.88. The molecule has 3 aromatic heterocycles. The first kappa shape index (κ1) is 20.0. The number of halogens is 1. The van der Waals surface area contributed by atoms with Gasteiger partial charge < -0.3 is 9.64 Å². The average Bonchev–Trinajstić information content (AvgIpc) is 3.52. The van der Waals surface area contributed by atoms with Crippen molar-refractivity contribution in [2.75, 3.05) is 18.0 Å². The van der Waals surface area contributed by atoms with Gasteiger partial charge in [0.25, 0.3) is 0 Å². The highest BCUT2D eigenvalue weighted by Crippen LogP contribution is 2.33. The van der Waals surface area contributed by atoms with Crippen molar-refractivity contribution in [3.05, 3.63) is 69.6 Å². The zero-order valence-corrected chi connectivity index (χ0v) is 18.9. The van der Waals surface area contributed by atoms with Crippen molar-refractivity contribution < 1.29 is 4.74 Å². The van der Waals surface area contributed by atoms with Crippen LogP contribution >= 0.6 is 27.3 Å². The van der Waals surface area contributed by atoms with Crippen LogP contribution in [0.5, 0.6) is 5.75 Å². The van der Waals surface area contributed by atoms with Crippen molar-refractivity contribution in [2.24, 2.45) is 0 Å². The van der Waals surface area contributed by atoms with Crippen LogP contribution in [-0.4, -0.2) is 48.2 Å². The van der Waals surface area contributed by atoms with Crippen molar-refractivity contribution >= 4 is 33.2 Å². The molecule has 158 valence electrons. The summed E-state index contributed by atoms with van der Waals surface area (Å²) in [6, 6.07) is 9.63. The van der Waals surface area contributed by atoms with Crippen molar-refractivity contribution in [1.82, 2.24) is 35.2 Å². The lowest BCUT2D eigenvalue weighted by molar-refractivity contribution is 0.152. The summed E-state index contributed by atoms with van der Waals surface area (Å²) in [7, 11) is 0. The minimum absolute atomic E-state index is 0.400. The fourth-order valence-electron chi connectivity index (χ4n) is 3.55. The number of tetrazole rings is 1. The summed E-state index contributed by atoms with van der Waals surface area (Å²) in [6.07, 6.45) is 6.60. The topological polar surface area (TPSA) is 94.7 Å². The number of nitrogens with zero attached hydrogens (tertiary/aromatic N) is 8. The molecule has 1 aromatic carbocycles. The second-order valence-electron chi connectivity index (χ2n) is 7.15. The molecule has 0 aliphatic carbocycles. The molecule has 1 unspecified atom stereocenters. The molecule has 31 heavy (non-hydrogen) atoms. The van der Waals surface area contributed by atoms with E-state index in [1.54, 1.807) is 34.7 Å². The highest BCUT2D eigenvalue weighted by Gasteiger charge is 2.27. The average molecular weight is 499 g/mol. The maximum atomic E-state index is 6.17. The Bertz CT molecular complexity index is 1100. The van der Waals surface area contributed by atoms with Gasteiger partial charge in [-0.05, 0) is 51.3 Å². The summed E-state index contributed by atoms with van der Waals surface area (Å²) < 4.78 is 8.63. The van der Waals surface area contributed by atoms with Gasteiger partial charge in [-0.3, -0.25) is 0 Å². The van der Waals surface area contributed by atoms with Gasteiger partial charge in [0.1, 0.15) is 17.8 Å². The van der Waals surface area contributed by atoms with E-state index in [1.165, 1.54) is 0 Å². The number of aromatic nitrogens is 7. The van der Waals surface area contributed by atoms with Crippen LogP contribution in [0.25, 0.3) is 0 Å². The summed E-state index contributed by atoms with van der Waals surface area (Å²) >= 11 is 5.05.